The highest BCUT2D eigenvalue weighted by atomic mass is 19.1. The van der Waals surface area contributed by atoms with Gasteiger partial charge in [-0.05, 0) is 35.8 Å². The third-order valence-electron chi connectivity index (χ3n) is 9.12. The molecule has 0 aliphatic carbocycles. The van der Waals surface area contributed by atoms with Crippen molar-refractivity contribution in [2.24, 2.45) is 18.6 Å². The summed E-state index contributed by atoms with van der Waals surface area (Å²) in [5.74, 6) is 5.59. The number of nitrogens with zero attached hydrogens (tertiary/aromatic N) is 7. The molecular formula is C35H39FN10O3. The topological polar surface area (TPSA) is 166 Å². The third-order valence-corrected chi connectivity index (χ3v) is 9.12. The number of halogens is 1. The van der Waals surface area contributed by atoms with Crippen molar-refractivity contribution in [3.8, 4) is 22.9 Å². The highest BCUT2D eigenvalue weighted by Gasteiger charge is 2.29. The van der Waals surface area contributed by atoms with Gasteiger partial charge in [-0.3, -0.25) is 14.3 Å². The van der Waals surface area contributed by atoms with Crippen LogP contribution in [0.5, 0.6) is 5.75 Å². The molecule has 2 aliphatic heterocycles. The highest BCUT2D eigenvalue weighted by molar-refractivity contribution is 6.05. The number of methoxy groups -OCH3 is 1. The molecule has 4 heterocycles. The summed E-state index contributed by atoms with van der Waals surface area (Å²) in [5.41, 5.74) is 9.52. The molecule has 0 atom stereocenters. The number of nitriles is 1. The first kappa shape index (κ1) is 33.1. The Bertz CT molecular complexity index is 1980. The van der Waals surface area contributed by atoms with Crippen LogP contribution in [0.2, 0.25) is 0 Å². The molecule has 0 unspecified atom stereocenters. The lowest BCUT2D eigenvalue weighted by molar-refractivity contribution is -0.130. The summed E-state index contributed by atoms with van der Waals surface area (Å²) < 4.78 is 23.8. The molecule has 5 N–H and O–H groups in total. The van der Waals surface area contributed by atoms with E-state index >= 15 is 4.39 Å². The molecule has 2 aliphatic rings. The Balaban J connectivity index is 1.31. The maximum absolute atomic E-state index is 16.6. The number of H-pyrrole nitrogens is 1. The number of hydrogen-bond donors (Lipinski definition) is 3. The molecule has 13 nitrogen and oxygen atoms in total. The van der Waals surface area contributed by atoms with Crippen LogP contribution in [-0.2, 0) is 11.8 Å². The second-order valence-electron chi connectivity index (χ2n) is 12.0. The Hall–Kier alpha value is -5.81. The molecule has 4 aromatic rings. The minimum Gasteiger partial charge on any atom is -0.496 e. The SMILES string of the molecule is COc1ccccc1-c1cc(C2=CCCN(C(=O)CCN(N)/C=C\N)C2)c(F)c2[nH]c(C(=O)N3CCN(c4cnn(C)c4C#N)CC3)cc12. The monoisotopic (exact) mass is 666 g/mol. The number of amides is 2. The molecule has 0 spiro atoms. The molecule has 2 amide bonds. The molecule has 14 heteroatoms. The van der Waals surface area contributed by atoms with E-state index in [1.54, 1.807) is 42.3 Å². The van der Waals surface area contributed by atoms with Gasteiger partial charge in [0.25, 0.3) is 5.91 Å². The van der Waals surface area contributed by atoms with Gasteiger partial charge < -0.3 is 35.2 Å². The number of aromatic amines is 1. The summed E-state index contributed by atoms with van der Waals surface area (Å²) in [4.78, 5) is 35.5. The van der Waals surface area contributed by atoms with Crippen LogP contribution < -0.4 is 21.2 Å². The van der Waals surface area contributed by atoms with Gasteiger partial charge in [-0.25, -0.2) is 10.2 Å². The number of aryl methyl sites for hydroxylation is 1. The number of aromatic nitrogens is 3. The number of hydrazine groups is 1. The Morgan fingerprint density at radius 2 is 1.90 bits per heavy atom. The zero-order valence-corrected chi connectivity index (χ0v) is 27.5. The van der Waals surface area contributed by atoms with Gasteiger partial charge in [-0.15, -0.1) is 0 Å². The number of carbonyl (C=O) groups excluding carboxylic acids is 2. The largest absolute Gasteiger partial charge is 0.496 e. The van der Waals surface area contributed by atoms with Crippen molar-refractivity contribution in [2.45, 2.75) is 12.8 Å². The summed E-state index contributed by atoms with van der Waals surface area (Å²) in [5, 5.41) is 15.7. The number of carbonyl (C=O) groups is 2. The van der Waals surface area contributed by atoms with E-state index in [4.69, 9.17) is 16.3 Å². The first-order valence-corrected chi connectivity index (χ1v) is 16.1. The van der Waals surface area contributed by atoms with Crippen LogP contribution in [0.3, 0.4) is 0 Å². The van der Waals surface area contributed by atoms with Gasteiger partial charge in [0.15, 0.2) is 11.5 Å². The van der Waals surface area contributed by atoms with Crippen LogP contribution in [0.15, 0.2) is 61.1 Å². The van der Waals surface area contributed by atoms with Crippen molar-refractivity contribution in [1.29, 1.82) is 5.26 Å². The molecule has 2 aromatic carbocycles. The van der Waals surface area contributed by atoms with Gasteiger partial charge in [0, 0.05) is 88.2 Å². The number of rotatable bonds is 9. The molecule has 2 aromatic heterocycles. The van der Waals surface area contributed by atoms with Crippen LogP contribution in [0.25, 0.3) is 27.6 Å². The number of ether oxygens (including phenoxy) is 1. The number of hydrogen-bond acceptors (Lipinski definition) is 9. The van der Waals surface area contributed by atoms with Crippen LogP contribution in [0.4, 0.5) is 10.1 Å². The Morgan fingerprint density at radius 1 is 1.12 bits per heavy atom. The number of nitrogens with one attached hydrogen (secondary N) is 1. The average molecular weight is 667 g/mol. The number of anilines is 1. The fourth-order valence-electron chi connectivity index (χ4n) is 6.53. The molecule has 6 rings (SSSR count). The van der Waals surface area contributed by atoms with Crippen molar-refractivity contribution in [3.63, 3.8) is 0 Å². The first-order chi connectivity index (χ1) is 23.7. The minimum absolute atomic E-state index is 0.0989. The summed E-state index contributed by atoms with van der Waals surface area (Å²) in [6.07, 6.45) is 7.16. The Labute approximate surface area is 283 Å². The second-order valence-corrected chi connectivity index (χ2v) is 12.0. The number of piperazine rings is 1. The predicted octanol–water partition coefficient (Wildman–Crippen LogP) is 3.16. The standard InChI is InChI=1S/C35H39FN10O3/c1-42-29(20-38)30(21-40-42)43-14-16-44(17-15-43)35(48)28-19-27-26(24-7-3-4-8-31(24)49-2)18-25(33(36)34(27)41-28)23-6-5-11-45(22-23)32(47)9-12-46(39)13-10-37/h3-4,6-8,10,13,18-19,21,41H,5,9,11-12,14-17,22,37,39H2,1-2H3/b13-10-. The molecule has 254 valence electrons. The highest BCUT2D eigenvalue weighted by Crippen LogP contribution is 2.40. The number of fused-ring (bicyclic) bond motifs is 1. The molecule has 0 bridgehead atoms. The summed E-state index contributed by atoms with van der Waals surface area (Å²) in [7, 11) is 3.30. The van der Waals surface area contributed by atoms with E-state index in [0.717, 1.165) is 11.3 Å². The van der Waals surface area contributed by atoms with Gasteiger partial charge in [0.2, 0.25) is 5.91 Å². The smallest absolute Gasteiger partial charge is 0.270 e. The molecule has 1 saturated heterocycles. The normalized spacial score (nSPS) is 15.1. The first-order valence-electron chi connectivity index (χ1n) is 16.1. The zero-order chi connectivity index (χ0) is 34.7. The quantitative estimate of drug-likeness (QED) is 0.180. The van der Waals surface area contributed by atoms with E-state index in [0.29, 0.717) is 79.2 Å². The molecule has 0 saturated carbocycles. The van der Waals surface area contributed by atoms with Crippen molar-refractivity contribution in [1.82, 2.24) is 29.6 Å². The molecule has 49 heavy (non-hydrogen) atoms. The Morgan fingerprint density at radius 3 is 2.63 bits per heavy atom. The van der Waals surface area contributed by atoms with Crippen molar-refractivity contribution < 1.29 is 18.7 Å². The number of benzene rings is 2. The summed E-state index contributed by atoms with van der Waals surface area (Å²) in [6, 6.07) is 13.2. The summed E-state index contributed by atoms with van der Waals surface area (Å²) >= 11 is 0. The lowest BCUT2D eigenvalue weighted by Crippen LogP contribution is -2.49. The van der Waals surface area contributed by atoms with Crippen LogP contribution in [0, 0.1) is 17.1 Å². The molecular weight excluding hydrogens is 627 g/mol. The maximum Gasteiger partial charge on any atom is 0.270 e. The van der Waals surface area contributed by atoms with Crippen molar-refractivity contribution in [3.05, 3.63) is 83.8 Å². The zero-order valence-electron chi connectivity index (χ0n) is 27.5. The van der Waals surface area contributed by atoms with Gasteiger partial charge in [0.05, 0.1) is 24.5 Å². The van der Waals surface area contributed by atoms with E-state index in [-0.39, 0.29) is 36.0 Å². The van der Waals surface area contributed by atoms with E-state index in [9.17, 15) is 14.9 Å². The van der Waals surface area contributed by atoms with E-state index in [1.807, 2.05) is 35.2 Å². The summed E-state index contributed by atoms with van der Waals surface area (Å²) in [6.45, 7) is 2.91. The van der Waals surface area contributed by atoms with E-state index in [2.05, 4.69) is 16.2 Å². The van der Waals surface area contributed by atoms with E-state index < -0.39 is 5.82 Å². The third kappa shape index (κ3) is 6.53. The molecule has 1 fully saturated rings. The van der Waals surface area contributed by atoms with Crippen LogP contribution in [0.1, 0.15) is 34.6 Å². The number of nitrogens with two attached hydrogens (primary N) is 2. The predicted molar refractivity (Wildman–Crippen MR) is 184 cm³/mol. The Kier molecular flexibility index (Phi) is 9.54. The van der Waals surface area contributed by atoms with Crippen LogP contribution in [-0.4, -0.2) is 94.3 Å². The maximum atomic E-state index is 16.6. The van der Waals surface area contributed by atoms with Gasteiger partial charge >= 0.3 is 0 Å². The van der Waals surface area contributed by atoms with Crippen molar-refractivity contribution in [2.75, 3.05) is 57.8 Å². The minimum atomic E-state index is -0.500. The lowest BCUT2D eigenvalue weighted by atomic mass is 9.93. The fourth-order valence-corrected chi connectivity index (χ4v) is 6.53. The lowest BCUT2D eigenvalue weighted by Gasteiger charge is -2.35. The molecule has 0 radical (unpaired) electrons. The van der Waals surface area contributed by atoms with Gasteiger partial charge in [0.1, 0.15) is 17.5 Å². The fraction of sp³-hybridized carbons (Fsp3) is 0.314. The van der Waals surface area contributed by atoms with E-state index in [1.165, 1.54) is 22.1 Å². The second kappa shape index (κ2) is 14.1. The van der Waals surface area contributed by atoms with Gasteiger partial charge in [-0.2, -0.15) is 10.4 Å². The van der Waals surface area contributed by atoms with Gasteiger partial charge in [-0.1, -0.05) is 24.3 Å². The van der Waals surface area contributed by atoms with Crippen molar-refractivity contribution >= 4 is 34.0 Å². The van der Waals surface area contributed by atoms with Crippen LogP contribution >= 0.6 is 0 Å². The average Bonchev–Trinajstić information content (AvgIpc) is 3.75. The number of para-hydroxylation sites is 1.